The number of anilines is 1. The van der Waals surface area contributed by atoms with Gasteiger partial charge in [-0.1, -0.05) is 13.8 Å². The summed E-state index contributed by atoms with van der Waals surface area (Å²) in [6.45, 7) is 9.32. The van der Waals surface area contributed by atoms with Gasteiger partial charge in [0.05, 0.1) is 11.9 Å². The Morgan fingerprint density at radius 3 is 2.33 bits per heavy atom. The van der Waals surface area contributed by atoms with Gasteiger partial charge < -0.3 is 9.80 Å². The molecular formula is C14H21N3O. The minimum atomic E-state index is 0.169. The Morgan fingerprint density at radius 1 is 1.22 bits per heavy atom. The Labute approximate surface area is 109 Å². The summed E-state index contributed by atoms with van der Waals surface area (Å²) in [7, 11) is 0. The molecule has 4 heteroatoms. The Kier molecular flexibility index (Phi) is 3.84. The molecule has 1 amide bonds. The summed E-state index contributed by atoms with van der Waals surface area (Å²) >= 11 is 0. The van der Waals surface area contributed by atoms with E-state index >= 15 is 0 Å². The van der Waals surface area contributed by atoms with E-state index in [9.17, 15) is 4.79 Å². The first kappa shape index (κ1) is 12.9. The van der Waals surface area contributed by atoms with Gasteiger partial charge in [0.1, 0.15) is 0 Å². The number of hydrogen-bond acceptors (Lipinski definition) is 3. The van der Waals surface area contributed by atoms with E-state index in [4.69, 9.17) is 0 Å². The first-order valence-corrected chi connectivity index (χ1v) is 6.54. The second-order valence-electron chi connectivity index (χ2n) is 5.09. The van der Waals surface area contributed by atoms with Crippen LogP contribution >= 0.6 is 0 Å². The van der Waals surface area contributed by atoms with Crippen molar-refractivity contribution in [3.05, 3.63) is 24.0 Å². The fraction of sp³-hybridized carbons (Fsp3) is 0.571. The number of carbonyl (C=O) groups is 1. The van der Waals surface area contributed by atoms with Gasteiger partial charge in [0.15, 0.2) is 0 Å². The first-order chi connectivity index (χ1) is 8.58. The van der Waals surface area contributed by atoms with Crippen molar-refractivity contribution in [1.29, 1.82) is 0 Å². The molecule has 0 saturated carbocycles. The number of pyridine rings is 1. The largest absolute Gasteiger partial charge is 0.367 e. The van der Waals surface area contributed by atoms with Crippen LogP contribution in [0, 0.1) is 0 Å². The number of rotatable bonds is 2. The molecule has 2 rings (SSSR count). The van der Waals surface area contributed by atoms with Crippen LogP contribution in [0.2, 0.25) is 0 Å². The lowest BCUT2D eigenvalue weighted by Crippen LogP contribution is -2.48. The second kappa shape index (κ2) is 5.38. The molecule has 1 aromatic heterocycles. The fourth-order valence-electron chi connectivity index (χ4n) is 2.21. The van der Waals surface area contributed by atoms with Crippen molar-refractivity contribution in [2.75, 3.05) is 31.1 Å². The van der Waals surface area contributed by atoms with Crippen LogP contribution in [-0.2, 0) is 4.79 Å². The molecule has 0 N–H and O–H groups in total. The monoisotopic (exact) mass is 247 g/mol. The summed E-state index contributed by atoms with van der Waals surface area (Å²) in [4.78, 5) is 19.9. The topological polar surface area (TPSA) is 36.4 Å². The molecule has 2 heterocycles. The van der Waals surface area contributed by atoms with Gasteiger partial charge in [-0.15, -0.1) is 0 Å². The predicted octanol–water partition coefficient (Wildman–Crippen LogP) is 1.87. The maximum Gasteiger partial charge on any atom is 0.219 e. The highest BCUT2D eigenvalue weighted by molar-refractivity contribution is 5.73. The molecule has 0 radical (unpaired) electrons. The van der Waals surface area contributed by atoms with E-state index < -0.39 is 0 Å². The van der Waals surface area contributed by atoms with Gasteiger partial charge in [0, 0.05) is 38.8 Å². The van der Waals surface area contributed by atoms with Gasteiger partial charge in [-0.25, -0.2) is 0 Å². The number of nitrogens with zero attached hydrogens (tertiary/aromatic N) is 3. The zero-order valence-electron chi connectivity index (χ0n) is 11.4. The Bertz CT molecular complexity index is 406. The summed E-state index contributed by atoms with van der Waals surface area (Å²) in [5.41, 5.74) is 2.28. The average molecular weight is 247 g/mol. The Hall–Kier alpha value is -1.58. The van der Waals surface area contributed by atoms with Crippen LogP contribution in [0.4, 0.5) is 5.69 Å². The van der Waals surface area contributed by atoms with E-state index in [0.717, 1.165) is 37.6 Å². The quantitative estimate of drug-likeness (QED) is 0.800. The summed E-state index contributed by atoms with van der Waals surface area (Å²) in [6.07, 6.45) is 1.94. The fourth-order valence-corrected chi connectivity index (χ4v) is 2.21. The number of amides is 1. The van der Waals surface area contributed by atoms with Crippen LogP contribution in [0.25, 0.3) is 0 Å². The van der Waals surface area contributed by atoms with Crippen molar-refractivity contribution in [1.82, 2.24) is 9.88 Å². The molecule has 0 atom stereocenters. The summed E-state index contributed by atoms with van der Waals surface area (Å²) in [6, 6.07) is 4.23. The third kappa shape index (κ3) is 2.81. The van der Waals surface area contributed by atoms with Gasteiger partial charge in [0.2, 0.25) is 5.91 Å². The van der Waals surface area contributed by atoms with Gasteiger partial charge in [-0.2, -0.15) is 0 Å². The molecule has 1 aliphatic heterocycles. The lowest BCUT2D eigenvalue weighted by molar-refractivity contribution is -0.129. The van der Waals surface area contributed by atoms with E-state index in [1.54, 1.807) is 6.92 Å². The molecule has 0 aliphatic carbocycles. The van der Waals surface area contributed by atoms with Gasteiger partial charge in [0.25, 0.3) is 0 Å². The van der Waals surface area contributed by atoms with E-state index in [1.165, 1.54) is 0 Å². The molecule has 1 aliphatic rings. The first-order valence-electron chi connectivity index (χ1n) is 6.54. The molecule has 0 unspecified atom stereocenters. The number of aromatic nitrogens is 1. The van der Waals surface area contributed by atoms with Crippen molar-refractivity contribution < 1.29 is 4.79 Å². The zero-order chi connectivity index (χ0) is 13.1. The molecule has 0 aromatic carbocycles. The highest BCUT2D eigenvalue weighted by Crippen LogP contribution is 2.18. The highest BCUT2D eigenvalue weighted by atomic mass is 16.2. The maximum absolute atomic E-state index is 11.3. The van der Waals surface area contributed by atoms with E-state index in [1.807, 2.05) is 11.1 Å². The normalized spacial score (nSPS) is 16.2. The molecule has 1 fully saturated rings. The van der Waals surface area contributed by atoms with E-state index in [-0.39, 0.29) is 5.91 Å². The third-order valence-electron chi connectivity index (χ3n) is 3.45. The molecule has 4 nitrogen and oxygen atoms in total. The van der Waals surface area contributed by atoms with Crippen LogP contribution in [0.5, 0.6) is 0 Å². The van der Waals surface area contributed by atoms with E-state index in [2.05, 4.69) is 35.9 Å². The summed E-state index contributed by atoms with van der Waals surface area (Å²) in [5.74, 6) is 0.636. The SMILES string of the molecule is CC(=O)N1CCN(c2ccc(C(C)C)nc2)CC1. The van der Waals surface area contributed by atoms with Crippen molar-refractivity contribution in [3.63, 3.8) is 0 Å². The van der Waals surface area contributed by atoms with Crippen molar-refractivity contribution in [2.45, 2.75) is 26.7 Å². The molecule has 0 spiro atoms. The van der Waals surface area contributed by atoms with Gasteiger partial charge in [-0.05, 0) is 18.1 Å². The van der Waals surface area contributed by atoms with Crippen LogP contribution in [0.1, 0.15) is 32.4 Å². The van der Waals surface area contributed by atoms with Crippen molar-refractivity contribution in [3.8, 4) is 0 Å². The standard InChI is InChI=1S/C14H21N3O/c1-11(2)14-5-4-13(10-15-14)17-8-6-16(7-9-17)12(3)18/h4-5,10-11H,6-9H2,1-3H3. The lowest BCUT2D eigenvalue weighted by Gasteiger charge is -2.35. The summed E-state index contributed by atoms with van der Waals surface area (Å²) < 4.78 is 0. The number of hydrogen-bond donors (Lipinski definition) is 0. The maximum atomic E-state index is 11.3. The average Bonchev–Trinajstić information content (AvgIpc) is 2.39. The van der Waals surface area contributed by atoms with Gasteiger partial charge in [-0.3, -0.25) is 9.78 Å². The zero-order valence-corrected chi connectivity index (χ0v) is 11.4. The van der Waals surface area contributed by atoms with Crippen LogP contribution in [-0.4, -0.2) is 42.0 Å². The van der Waals surface area contributed by atoms with Gasteiger partial charge >= 0.3 is 0 Å². The predicted molar refractivity (Wildman–Crippen MR) is 72.8 cm³/mol. The van der Waals surface area contributed by atoms with E-state index in [0.29, 0.717) is 5.92 Å². The van der Waals surface area contributed by atoms with Crippen LogP contribution in [0.15, 0.2) is 18.3 Å². The van der Waals surface area contributed by atoms with Crippen molar-refractivity contribution >= 4 is 11.6 Å². The Morgan fingerprint density at radius 2 is 1.89 bits per heavy atom. The molecule has 98 valence electrons. The molecular weight excluding hydrogens is 226 g/mol. The molecule has 1 aromatic rings. The Balaban J connectivity index is 1.99. The van der Waals surface area contributed by atoms with Crippen LogP contribution < -0.4 is 4.90 Å². The van der Waals surface area contributed by atoms with Crippen molar-refractivity contribution in [2.24, 2.45) is 0 Å². The number of carbonyl (C=O) groups excluding carboxylic acids is 1. The third-order valence-corrected chi connectivity index (χ3v) is 3.45. The number of piperazine rings is 1. The molecule has 18 heavy (non-hydrogen) atoms. The smallest absolute Gasteiger partial charge is 0.219 e. The van der Waals surface area contributed by atoms with Crippen LogP contribution in [0.3, 0.4) is 0 Å². The minimum Gasteiger partial charge on any atom is -0.367 e. The highest BCUT2D eigenvalue weighted by Gasteiger charge is 2.18. The second-order valence-corrected chi connectivity index (χ2v) is 5.09. The molecule has 0 bridgehead atoms. The minimum absolute atomic E-state index is 0.169. The lowest BCUT2D eigenvalue weighted by atomic mass is 10.1. The molecule has 1 saturated heterocycles. The summed E-state index contributed by atoms with van der Waals surface area (Å²) in [5, 5.41) is 0.